The van der Waals surface area contributed by atoms with E-state index >= 15 is 0 Å². The van der Waals surface area contributed by atoms with Gasteiger partial charge in [-0.25, -0.2) is 0 Å². The lowest BCUT2D eigenvalue weighted by Gasteiger charge is -2.30. The quantitative estimate of drug-likeness (QED) is 0.664. The van der Waals surface area contributed by atoms with Crippen LogP contribution in [0.1, 0.15) is 48.3 Å². The summed E-state index contributed by atoms with van der Waals surface area (Å²) < 4.78 is 17.6. The van der Waals surface area contributed by atoms with Crippen molar-refractivity contribution < 1.29 is 19.3 Å². The Morgan fingerprint density at radius 3 is 2.61 bits per heavy atom. The summed E-state index contributed by atoms with van der Waals surface area (Å²) >= 11 is 0. The van der Waals surface area contributed by atoms with Gasteiger partial charge in [0.05, 0.1) is 25.4 Å². The lowest BCUT2D eigenvalue weighted by atomic mass is 9.84. The fraction of sp³-hybridized carbons (Fsp3) is 0.500. The van der Waals surface area contributed by atoms with Crippen LogP contribution < -0.4 is 4.74 Å². The van der Waals surface area contributed by atoms with Gasteiger partial charge in [-0.1, -0.05) is 42.5 Å². The van der Waals surface area contributed by atoms with E-state index in [0.717, 1.165) is 25.0 Å². The van der Waals surface area contributed by atoms with Gasteiger partial charge in [-0.2, -0.15) is 0 Å². The Morgan fingerprint density at radius 2 is 1.82 bits per heavy atom. The number of rotatable bonds is 9. The second-order valence-corrected chi connectivity index (χ2v) is 7.80. The zero-order chi connectivity index (χ0) is 19.2. The summed E-state index contributed by atoms with van der Waals surface area (Å²) in [5.74, 6) is 1.34. The van der Waals surface area contributed by atoms with E-state index in [0.29, 0.717) is 31.8 Å². The fourth-order valence-electron chi connectivity index (χ4n) is 3.98. The Kier molecular flexibility index (Phi) is 6.63. The third-order valence-electron chi connectivity index (χ3n) is 5.62. The van der Waals surface area contributed by atoms with Crippen LogP contribution in [0, 0.1) is 0 Å². The summed E-state index contributed by atoms with van der Waals surface area (Å²) in [6.45, 7) is 2.00. The number of aliphatic hydroxyl groups is 1. The van der Waals surface area contributed by atoms with E-state index in [2.05, 4.69) is 42.5 Å². The lowest BCUT2D eigenvalue weighted by Crippen LogP contribution is -2.28. The maximum atomic E-state index is 9.54. The molecule has 2 fully saturated rings. The molecule has 150 valence electrons. The first-order valence-corrected chi connectivity index (χ1v) is 10.5. The van der Waals surface area contributed by atoms with Gasteiger partial charge in [-0.3, -0.25) is 0 Å². The van der Waals surface area contributed by atoms with Crippen molar-refractivity contribution in [2.75, 3.05) is 26.4 Å². The number of benzene rings is 2. The Hall–Kier alpha value is -1.88. The molecular formula is C24H30O4. The summed E-state index contributed by atoms with van der Waals surface area (Å²) in [5.41, 5.74) is 3.86. The molecule has 4 heteroatoms. The van der Waals surface area contributed by atoms with Gasteiger partial charge in [0.1, 0.15) is 12.4 Å². The van der Waals surface area contributed by atoms with Crippen LogP contribution in [0.2, 0.25) is 0 Å². The van der Waals surface area contributed by atoms with Crippen LogP contribution in [-0.4, -0.2) is 43.7 Å². The van der Waals surface area contributed by atoms with Gasteiger partial charge in [0.25, 0.3) is 0 Å². The van der Waals surface area contributed by atoms with E-state index in [9.17, 15) is 5.11 Å². The van der Waals surface area contributed by atoms with Gasteiger partial charge < -0.3 is 19.3 Å². The van der Waals surface area contributed by atoms with Crippen molar-refractivity contribution in [2.24, 2.45) is 0 Å². The van der Waals surface area contributed by atoms with Crippen LogP contribution >= 0.6 is 0 Å². The Morgan fingerprint density at radius 1 is 0.964 bits per heavy atom. The first-order chi connectivity index (χ1) is 13.8. The van der Waals surface area contributed by atoms with Crippen molar-refractivity contribution in [1.29, 1.82) is 0 Å². The van der Waals surface area contributed by atoms with E-state index in [1.54, 1.807) is 0 Å². The average molecular weight is 383 g/mol. The van der Waals surface area contributed by atoms with Crippen LogP contribution in [0.25, 0.3) is 0 Å². The molecule has 1 N–H and O–H groups in total. The summed E-state index contributed by atoms with van der Waals surface area (Å²) in [7, 11) is 0. The van der Waals surface area contributed by atoms with Gasteiger partial charge in [-0.05, 0) is 48.8 Å². The van der Waals surface area contributed by atoms with Gasteiger partial charge in [0.15, 0.2) is 0 Å². The molecule has 1 aliphatic carbocycles. The lowest BCUT2D eigenvalue weighted by molar-refractivity contribution is -0.0251. The molecule has 4 rings (SSSR count). The third kappa shape index (κ3) is 5.13. The first-order valence-electron chi connectivity index (χ1n) is 10.5. The predicted octanol–water partition coefficient (Wildman–Crippen LogP) is 4.09. The molecule has 2 aromatic rings. The number of ether oxygens (including phenoxy) is 3. The minimum atomic E-state index is -0.0696. The standard InChI is InChI=1S/C24H30O4/c25-17-21-16-19(11-12-26-21)22-7-4-8-24(28-14-13-27-20-9-10-20)23(22)15-18-5-2-1-3-6-18/h1-8,19-21,25H,9-17H2. The molecule has 4 nitrogen and oxygen atoms in total. The summed E-state index contributed by atoms with van der Waals surface area (Å²) in [6, 6.07) is 16.9. The molecule has 0 spiro atoms. The Labute approximate surface area is 167 Å². The zero-order valence-electron chi connectivity index (χ0n) is 16.4. The van der Waals surface area contributed by atoms with E-state index in [1.165, 1.54) is 29.5 Å². The fourth-order valence-corrected chi connectivity index (χ4v) is 3.98. The SMILES string of the molecule is OCC1CC(c2cccc(OCCOC3CC3)c2Cc2ccccc2)CCO1. The molecule has 1 aliphatic heterocycles. The number of hydrogen-bond donors (Lipinski definition) is 1. The first kappa shape index (κ1) is 19.4. The molecule has 0 bridgehead atoms. The van der Waals surface area contributed by atoms with Gasteiger partial charge in [0, 0.05) is 18.6 Å². The Bertz CT molecular complexity index is 742. The second-order valence-electron chi connectivity index (χ2n) is 7.80. The van der Waals surface area contributed by atoms with E-state index < -0.39 is 0 Å². The average Bonchev–Trinajstić information content (AvgIpc) is 3.57. The molecule has 2 unspecified atom stereocenters. The highest BCUT2D eigenvalue weighted by Crippen LogP contribution is 2.37. The third-order valence-corrected chi connectivity index (χ3v) is 5.62. The molecule has 0 radical (unpaired) electrons. The minimum absolute atomic E-state index is 0.0696. The summed E-state index contributed by atoms with van der Waals surface area (Å²) in [5, 5.41) is 9.54. The highest BCUT2D eigenvalue weighted by Gasteiger charge is 2.26. The monoisotopic (exact) mass is 382 g/mol. The van der Waals surface area contributed by atoms with Crippen LogP contribution in [0.15, 0.2) is 48.5 Å². The molecule has 2 atom stereocenters. The molecule has 0 aromatic heterocycles. The van der Waals surface area contributed by atoms with E-state index in [4.69, 9.17) is 14.2 Å². The van der Waals surface area contributed by atoms with Crippen molar-refractivity contribution >= 4 is 0 Å². The van der Waals surface area contributed by atoms with Gasteiger partial charge >= 0.3 is 0 Å². The van der Waals surface area contributed by atoms with Crippen molar-refractivity contribution in [3.63, 3.8) is 0 Å². The predicted molar refractivity (Wildman–Crippen MR) is 109 cm³/mol. The van der Waals surface area contributed by atoms with Gasteiger partial charge in [0.2, 0.25) is 0 Å². The summed E-state index contributed by atoms with van der Waals surface area (Å²) in [6.07, 6.45) is 5.43. The number of aliphatic hydroxyl groups excluding tert-OH is 1. The van der Waals surface area contributed by atoms with E-state index in [1.807, 2.05) is 6.07 Å². The van der Waals surface area contributed by atoms with Crippen molar-refractivity contribution in [1.82, 2.24) is 0 Å². The smallest absolute Gasteiger partial charge is 0.123 e. The van der Waals surface area contributed by atoms with Crippen LogP contribution in [0.5, 0.6) is 5.75 Å². The zero-order valence-corrected chi connectivity index (χ0v) is 16.4. The number of hydrogen-bond acceptors (Lipinski definition) is 4. The highest BCUT2D eigenvalue weighted by molar-refractivity contribution is 5.45. The molecular weight excluding hydrogens is 352 g/mol. The molecule has 1 saturated carbocycles. The van der Waals surface area contributed by atoms with Gasteiger partial charge in [-0.15, -0.1) is 0 Å². The maximum Gasteiger partial charge on any atom is 0.123 e. The van der Waals surface area contributed by atoms with Crippen molar-refractivity contribution in [3.8, 4) is 5.75 Å². The molecule has 2 aliphatic rings. The van der Waals surface area contributed by atoms with Crippen LogP contribution in [0.3, 0.4) is 0 Å². The van der Waals surface area contributed by atoms with Crippen LogP contribution in [-0.2, 0) is 15.9 Å². The largest absolute Gasteiger partial charge is 0.491 e. The van der Waals surface area contributed by atoms with E-state index in [-0.39, 0.29) is 12.7 Å². The Balaban J connectivity index is 1.55. The van der Waals surface area contributed by atoms with Crippen molar-refractivity contribution in [3.05, 3.63) is 65.2 Å². The topological polar surface area (TPSA) is 47.9 Å². The molecule has 2 aromatic carbocycles. The normalized spacial score (nSPS) is 22.2. The molecule has 1 heterocycles. The highest BCUT2D eigenvalue weighted by atomic mass is 16.5. The molecule has 1 saturated heterocycles. The molecule has 0 amide bonds. The van der Waals surface area contributed by atoms with Crippen molar-refractivity contribution in [2.45, 2.75) is 50.2 Å². The minimum Gasteiger partial charge on any atom is -0.491 e. The molecule has 28 heavy (non-hydrogen) atoms. The maximum absolute atomic E-state index is 9.54. The second kappa shape index (κ2) is 9.55. The van der Waals surface area contributed by atoms with Crippen LogP contribution in [0.4, 0.5) is 0 Å². The summed E-state index contributed by atoms with van der Waals surface area (Å²) in [4.78, 5) is 0.